The number of primary amides is 1. The first kappa shape index (κ1) is 13.0. The van der Waals surface area contributed by atoms with Gasteiger partial charge in [0.2, 0.25) is 0 Å². The first-order valence-electron chi connectivity index (χ1n) is 4.45. The number of carboxylic acid groups (broad SMARTS) is 1. The third-order valence-electron chi connectivity index (χ3n) is 1.68. The maximum Gasteiger partial charge on any atom is 0.340 e. The number of hydrogen-bond acceptors (Lipinski definition) is 4. The van der Waals surface area contributed by atoms with Crippen LogP contribution in [-0.4, -0.2) is 30.8 Å². The Bertz CT molecular complexity index is 498. The molecule has 0 saturated heterocycles. The Morgan fingerprint density at radius 2 is 2.35 bits per heavy atom. The van der Waals surface area contributed by atoms with Crippen LogP contribution in [0.2, 0.25) is 0 Å². The van der Waals surface area contributed by atoms with Gasteiger partial charge in [0.15, 0.2) is 0 Å². The third kappa shape index (κ3) is 3.48. The molecule has 2 amide bonds. The fourth-order valence-corrected chi connectivity index (χ4v) is 1.96. The lowest BCUT2D eigenvalue weighted by Crippen LogP contribution is -2.20. The van der Waals surface area contributed by atoms with Crippen molar-refractivity contribution in [3.05, 3.63) is 16.5 Å². The number of carbonyl (C=O) groups is 2. The molecule has 4 N–H and O–H groups in total. The lowest BCUT2D eigenvalue weighted by molar-refractivity contribution is 0.0698. The Kier molecular flexibility index (Phi) is 4.51. The van der Waals surface area contributed by atoms with Crippen LogP contribution in [0, 0.1) is 11.8 Å². The van der Waals surface area contributed by atoms with Crippen LogP contribution >= 0.6 is 11.3 Å². The van der Waals surface area contributed by atoms with E-state index >= 15 is 0 Å². The number of thiophene rings is 1. The zero-order chi connectivity index (χ0) is 12.8. The molecule has 1 aromatic heterocycles. The second kappa shape index (κ2) is 5.89. The van der Waals surface area contributed by atoms with Crippen LogP contribution in [0.25, 0.3) is 0 Å². The predicted molar refractivity (Wildman–Crippen MR) is 63.2 cm³/mol. The first-order chi connectivity index (χ1) is 8.06. The van der Waals surface area contributed by atoms with E-state index in [1.165, 1.54) is 12.5 Å². The standard InChI is InChI=1S/C10H10N2O4S/c1-16-4-2-3-6-5-17-8(12-10(11)15)7(6)9(13)14/h5H,4H2,1H3,(H,13,14)(H3,11,12,15). The predicted octanol–water partition coefficient (Wildman–Crippen LogP) is 0.935. The minimum Gasteiger partial charge on any atom is -0.478 e. The third-order valence-corrected chi connectivity index (χ3v) is 2.58. The number of nitrogens with two attached hydrogens (primary N) is 1. The highest BCUT2D eigenvalue weighted by Gasteiger charge is 2.18. The molecule has 0 atom stereocenters. The topological polar surface area (TPSA) is 102 Å². The van der Waals surface area contributed by atoms with Crippen LogP contribution in [-0.2, 0) is 4.74 Å². The van der Waals surface area contributed by atoms with Gasteiger partial charge in [0.05, 0.1) is 5.56 Å². The van der Waals surface area contributed by atoms with E-state index < -0.39 is 12.0 Å². The van der Waals surface area contributed by atoms with Crippen LogP contribution in [0.5, 0.6) is 0 Å². The van der Waals surface area contributed by atoms with Crippen LogP contribution in [0.3, 0.4) is 0 Å². The Labute approximate surface area is 101 Å². The average molecular weight is 254 g/mol. The number of carbonyl (C=O) groups excluding carboxylic acids is 1. The quantitative estimate of drug-likeness (QED) is 0.698. The Hall–Kier alpha value is -2.04. The summed E-state index contributed by atoms with van der Waals surface area (Å²) in [5.74, 6) is 4.12. The molecule has 0 aliphatic heterocycles. The van der Waals surface area contributed by atoms with E-state index in [0.717, 1.165) is 11.3 Å². The van der Waals surface area contributed by atoms with Gasteiger partial charge in [-0.1, -0.05) is 11.8 Å². The summed E-state index contributed by atoms with van der Waals surface area (Å²) in [4.78, 5) is 21.7. The highest BCUT2D eigenvalue weighted by molar-refractivity contribution is 7.15. The fourth-order valence-electron chi connectivity index (χ4n) is 1.07. The zero-order valence-corrected chi connectivity index (χ0v) is 9.76. The lowest BCUT2D eigenvalue weighted by Gasteiger charge is -1.99. The zero-order valence-electron chi connectivity index (χ0n) is 8.94. The Balaban J connectivity index is 3.08. The molecule has 0 aliphatic rings. The molecule has 17 heavy (non-hydrogen) atoms. The number of aromatic carboxylic acids is 1. The molecule has 6 nitrogen and oxygen atoms in total. The van der Waals surface area contributed by atoms with Gasteiger partial charge in [-0.15, -0.1) is 11.3 Å². The number of methoxy groups -OCH3 is 1. The number of hydrogen-bond donors (Lipinski definition) is 3. The van der Waals surface area contributed by atoms with Gasteiger partial charge in [-0.2, -0.15) is 0 Å². The number of urea groups is 1. The first-order valence-corrected chi connectivity index (χ1v) is 5.33. The molecule has 0 bridgehead atoms. The van der Waals surface area contributed by atoms with Crippen molar-refractivity contribution in [1.82, 2.24) is 0 Å². The summed E-state index contributed by atoms with van der Waals surface area (Å²) in [6.07, 6.45) is 0. The number of amides is 2. The van der Waals surface area contributed by atoms with Gasteiger partial charge in [0.25, 0.3) is 0 Å². The SMILES string of the molecule is COCC#Cc1csc(NC(N)=O)c1C(=O)O. The van der Waals surface area contributed by atoms with Crippen molar-refractivity contribution in [3.63, 3.8) is 0 Å². The fraction of sp³-hybridized carbons (Fsp3) is 0.200. The largest absolute Gasteiger partial charge is 0.478 e. The molecule has 0 spiro atoms. The molecule has 1 aromatic rings. The van der Waals surface area contributed by atoms with Crippen molar-refractivity contribution in [2.24, 2.45) is 5.73 Å². The van der Waals surface area contributed by atoms with E-state index in [4.69, 9.17) is 15.6 Å². The molecule has 0 unspecified atom stereocenters. The van der Waals surface area contributed by atoms with E-state index in [9.17, 15) is 9.59 Å². The van der Waals surface area contributed by atoms with E-state index in [-0.39, 0.29) is 17.2 Å². The Morgan fingerprint density at radius 1 is 1.65 bits per heavy atom. The molecule has 90 valence electrons. The summed E-state index contributed by atoms with van der Waals surface area (Å²) >= 11 is 1.05. The maximum atomic E-state index is 11.0. The van der Waals surface area contributed by atoms with Gasteiger partial charge in [0.1, 0.15) is 17.2 Å². The van der Waals surface area contributed by atoms with E-state index in [1.54, 1.807) is 0 Å². The molecule has 0 aromatic carbocycles. The molecule has 1 heterocycles. The van der Waals surface area contributed by atoms with Crippen LogP contribution in [0.15, 0.2) is 5.38 Å². The summed E-state index contributed by atoms with van der Waals surface area (Å²) < 4.78 is 4.73. The van der Waals surface area contributed by atoms with Gasteiger partial charge in [-0.25, -0.2) is 9.59 Å². The minimum atomic E-state index is -1.17. The van der Waals surface area contributed by atoms with Crippen molar-refractivity contribution in [2.45, 2.75) is 0 Å². The number of anilines is 1. The second-order valence-electron chi connectivity index (χ2n) is 2.88. The summed E-state index contributed by atoms with van der Waals surface area (Å²) in [5.41, 5.74) is 5.20. The van der Waals surface area contributed by atoms with E-state index in [2.05, 4.69) is 17.2 Å². The number of nitrogens with one attached hydrogen (secondary N) is 1. The Morgan fingerprint density at radius 3 is 2.88 bits per heavy atom. The van der Waals surface area contributed by atoms with Crippen LogP contribution < -0.4 is 11.1 Å². The van der Waals surface area contributed by atoms with Gasteiger partial charge < -0.3 is 15.6 Å². The van der Waals surface area contributed by atoms with Crippen LogP contribution in [0.4, 0.5) is 9.80 Å². The van der Waals surface area contributed by atoms with Gasteiger partial charge in [0, 0.05) is 12.5 Å². The van der Waals surface area contributed by atoms with Crippen molar-refractivity contribution < 1.29 is 19.4 Å². The molecule has 7 heteroatoms. The molecule has 1 rings (SSSR count). The van der Waals surface area contributed by atoms with Crippen molar-refractivity contribution in [1.29, 1.82) is 0 Å². The number of ether oxygens (including phenoxy) is 1. The monoisotopic (exact) mass is 254 g/mol. The summed E-state index contributed by atoms with van der Waals surface area (Å²) in [5, 5.41) is 13.0. The van der Waals surface area contributed by atoms with Crippen LogP contribution in [0.1, 0.15) is 15.9 Å². The molecular formula is C10H10N2O4S. The molecule has 0 radical (unpaired) electrons. The number of rotatable bonds is 3. The van der Waals surface area contributed by atoms with Crippen molar-refractivity contribution >= 4 is 28.3 Å². The smallest absolute Gasteiger partial charge is 0.340 e. The van der Waals surface area contributed by atoms with Crippen molar-refractivity contribution in [3.8, 4) is 11.8 Å². The lowest BCUT2D eigenvalue weighted by atomic mass is 10.2. The number of carboxylic acids is 1. The summed E-state index contributed by atoms with van der Waals surface area (Å²) in [7, 11) is 1.49. The van der Waals surface area contributed by atoms with Crippen molar-refractivity contribution in [2.75, 3.05) is 19.0 Å². The summed E-state index contributed by atoms with van der Waals surface area (Å²) in [6, 6.07) is -0.814. The van der Waals surface area contributed by atoms with E-state index in [1.807, 2.05) is 0 Å². The molecule has 0 saturated carbocycles. The molecule has 0 aliphatic carbocycles. The molecule has 0 fully saturated rings. The molecular weight excluding hydrogens is 244 g/mol. The summed E-state index contributed by atoms with van der Waals surface area (Å²) in [6.45, 7) is 0.202. The average Bonchev–Trinajstić information content (AvgIpc) is 2.60. The highest BCUT2D eigenvalue weighted by Crippen LogP contribution is 2.27. The maximum absolute atomic E-state index is 11.0. The minimum absolute atomic E-state index is 0.0580. The van der Waals surface area contributed by atoms with E-state index in [0.29, 0.717) is 5.56 Å². The second-order valence-corrected chi connectivity index (χ2v) is 3.76. The van der Waals surface area contributed by atoms with Gasteiger partial charge in [-0.3, -0.25) is 5.32 Å². The normalized spacial score (nSPS) is 9.24. The van der Waals surface area contributed by atoms with Gasteiger partial charge in [-0.05, 0) is 0 Å². The highest BCUT2D eigenvalue weighted by atomic mass is 32.1. The van der Waals surface area contributed by atoms with Gasteiger partial charge >= 0.3 is 12.0 Å².